The largest absolute Gasteiger partial charge is 0.330 e. The van der Waals surface area contributed by atoms with E-state index in [9.17, 15) is 4.79 Å². The van der Waals surface area contributed by atoms with E-state index in [2.05, 4.69) is 11.9 Å². The molecule has 2 unspecified atom stereocenters. The molecule has 1 fully saturated rings. The third kappa shape index (κ3) is 1.62. The SMILES string of the molecule is [2H]C1C([2H])([2H])C(=C)NC(=O)C1(C)C(C)(C)C. The second-order valence-corrected chi connectivity index (χ2v) is 4.67. The number of allylic oxidation sites excluding steroid dienone is 1. The first-order valence-corrected chi connectivity index (χ1v) is 4.39. The van der Waals surface area contributed by atoms with Gasteiger partial charge in [0.2, 0.25) is 5.91 Å². The normalized spacial score (nSPS) is 43.1. The van der Waals surface area contributed by atoms with Crippen LogP contribution >= 0.6 is 0 Å². The molecule has 0 spiro atoms. The van der Waals surface area contributed by atoms with Gasteiger partial charge in [-0.25, -0.2) is 0 Å². The second kappa shape index (κ2) is 2.86. The van der Waals surface area contributed by atoms with E-state index in [4.69, 9.17) is 4.11 Å². The zero-order valence-corrected chi connectivity index (χ0v) is 8.69. The van der Waals surface area contributed by atoms with E-state index in [-0.39, 0.29) is 11.6 Å². The second-order valence-electron chi connectivity index (χ2n) is 4.67. The number of piperidine rings is 1. The summed E-state index contributed by atoms with van der Waals surface area (Å²) in [6, 6.07) is 0. The molecule has 74 valence electrons. The fraction of sp³-hybridized carbons (Fsp3) is 0.727. The number of carbonyl (C=O) groups is 1. The molecule has 0 aromatic carbocycles. The summed E-state index contributed by atoms with van der Waals surface area (Å²) in [7, 11) is 0. The molecule has 1 N–H and O–H groups in total. The van der Waals surface area contributed by atoms with Gasteiger partial charge in [-0.2, -0.15) is 0 Å². The van der Waals surface area contributed by atoms with E-state index < -0.39 is 23.6 Å². The van der Waals surface area contributed by atoms with Crippen molar-refractivity contribution in [2.75, 3.05) is 0 Å². The van der Waals surface area contributed by atoms with Gasteiger partial charge in [-0.1, -0.05) is 34.3 Å². The maximum Gasteiger partial charge on any atom is 0.230 e. The molecule has 13 heavy (non-hydrogen) atoms. The first-order valence-electron chi connectivity index (χ1n) is 5.96. The minimum absolute atomic E-state index is 0.0146. The van der Waals surface area contributed by atoms with Gasteiger partial charge in [0, 0.05) is 9.81 Å². The van der Waals surface area contributed by atoms with Crippen LogP contribution in [-0.4, -0.2) is 5.91 Å². The summed E-state index contributed by atoms with van der Waals surface area (Å²) in [5.41, 5.74) is -1.57. The van der Waals surface area contributed by atoms with Gasteiger partial charge in [0.15, 0.2) is 0 Å². The topological polar surface area (TPSA) is 29.1 Å². The van der Waals surface area contributed by atoms with Gasteiger partial charge in [0.25, 0.3) is 0 Å². The molecule has 1 saturated heterocycles. The predicted octanol–water partition coefficient (Wildman–Crippen LogP) is 2.46. The van der Waals surface area contributed by atoms with Crippen molar-refractivity contribution in [3.05, 3.63) is 12.3 Å². The highest BCUT2D eigenvalue weighted by Crippen LogP contribution is 2.44. The van der Waals surface area contributed by atoms with Gasteiger partial charge in [-0.05, 0) is 18.2 Å². The molecule has 1 rings (SSSR count). The fourth-order valence-corrected chi connectivity index (χ4v) is 1.16. The molecule has 1 amide bonds. The summed E-state index contributed by atoms with van der Waals surface area (Å²) in [5, 5.41) is 2.47. The molecule has 1 aliphatic rings. The monoisotopic (exact) mass is 184 g/mol. The average molecular weight is 184 g/mol. The zero-order valence-electron chi connectivity index (χ0n) is 11.7. The summed E-state index contributed by atoms with van der Waals surface area (Å²) in [4.78, 5) is 12.0. The van der Waals surface area contributed by atoms with Crippen molar-refractivity contribution < 1.29 is 8.91 Å². The van der Waals surface area contributed by atoms with Crippen molar-refractivity contribution in [3.8, 4) is 0 Å². The van der Waals surface area contributed by atoms with Crippen LogP contribution in [0.4, 0.5) is 0 Å². The highest BCUT2D eigenvalue weighted by atomic mass is 16.2. The molecule has 0 aliphatic carbocycles. The fourth-order valence-electron chi connectivity index (χ4n) is 1.16. The molecule has 0 aromatic rings. The average Bonchev–Trinajstić information content (AvgIpc) is 2.11. The van der Waals surface area contributed by atoms with Crippen LogP contribution in [0.15, 0.2) is 12.3 Å². The van der Waals surface area contributed by atoms with Crippen LogP contribution < -0.4 is 5.32 Å². The Kier molecular flexibility index (Phi) is 1.46. The number of hydrogen-bond donors (Lipinski definition) is 1. The lowest BCUT2D eigenvalue weighted by Crippen LogP contribution is -2.49. The number of amides is 1. The van der Waals surface area contributed by atoms with Gasteiger partial charge in [-0.3, -0.25) is 4.79 Å². The van der Waals surface area contributed by atoms with Crippen LogP contribution in [0, 0.1) is 10.8 Å². The van der Waals surface area contributed by atoms with Gasteiger partial charge >= 0.3 is 0 Å². The minimum atomic E-state index is -1.89. The Labute approximate surface area is 84.6 Å². The Morgan fingerprint density at radius 3 is 2.62 bits per heavy atom. The van der Waals surface area contributed by atoms with Crippen LogP contribution in [-0.2, 0) is 4.79 Å². The molecular formula is C11H19NO. The molecule has 1 aliphatic heterocycles. The van der Waals surface area contributed by atoms with Crippen molar-refractivity contribution in [1.82, 2.24) is 5.32 Å². The summed E-state index contributed by atoms with van der Waals surface area (Å²) >= 11 is 0. The number of carbonyl (C=O) groups excluding carboxylic acids is 1. The Hall–Kier alpha value is -0.790. The van der Waals surface area contributed by atoms with Crippen molar-refractivity contribution in [2.24, 2.45) is 10.8 Å². The van der Waals surface area contributed by atoms with Crippen molar-refractivity contribution in [1.29, 1.82) is 0 Å². The lowest BCUT2D eigenvalue weighted by molar-refractivity contribution is -0.137. The summed E-state index contributed by atoms with van der Waals surface area (Å²) in [6.45, 7) is 10.7. The quantitative estimate of drug-likeness (QED) is 0.615. The minimum Gasteiger partial charge on any atom is -0.330 e. The van der Waals surface area contributed by atoms with Gasteiger partial charge < -0.3 is 5.32 Å². The van der Waals surface area contributed by atoms with Crippen LogP contribution in [0.5, 0.6) is 0 Å². The van der Waals surface area contributed by atoms with E-state index in [1.807, 2.05) is 20.8 Å². The lowest BCUT2D eigenvalue weighted by Gasteiger charge is -2.43. The first kappa shape index (κ1) is 6.63. The predicted molar refractivity (Wildman–Crippen MR) is 54.1 cm³/mol. The molecule has 0 aromatic heterocycles. The maximum absolute atomic E-state index is 12.0. The van der Waals surface area contributed by atoms with Crippen molar-refractivity contribution >= 4 is 5.91 Å². The van der Waals surface area contributed by atoms with Crippen LogP contribution in [0.3, 0.4) is 0 Å². The standard InChI is InChI=1S/C11H19NO/c1-8-6-7-11(5,9(13)12-8)10(2,3)4/h1,6-7H2,2-5H3,(H,12,13)/i6D2,7D. The smallest absolute Gasteiger partial charge is 0.230 e. The maximum atomic E-state index is 12.0. The summed E-state index contributed by atoms with van der Waals surface area (Å²) < 4.78 is 23.7. The molecule has 2 heteroatoms. The van der Waals surface area contributed by atoms with Gasteiger partial charge in [-0.15, -0.1) is 0 Å². The van der Waals surface area contributed by atoms with Crippen molar-refractivity contribution in [3.63, 3.8) is 0 Å². The molecule has 0 radical (unpaired) electrons. The molecule has 2 nitrogen and oxygen atoms in total. The van der Waals surface area contributed by atoms with Crippen LogP contribution in [0.25, 0.3) is 0 Å². The molecule has 0 bridgehead atoms. The number of rotatable bonds is 0. The van der Waals surface area contributed by atoms with E-state index in [1.54, 1.807) is 6.92 Å². The Morgan fingerprint density at radius 2 is 2.15 bits per heavy atom. The number of hydrogen-bond acceptors (Lipinski definition) is 1. The van der Waals surface area contributed by atoms with Gasteiger partial charge in [0.1, 0.15) is 0 Å². The highest BCUT2D eigenvalue weighted by molar-refractivity contribution is 5.85. The van der Waals surface area contributed by atoms with E-state index >= 15 is 0 Å². The van der Waals surface area contributed by atoms with Crippen molar-refractivity contribution in [2.45, 2.75) is 40.5 Å². The van der Waals surface area contributed by atoms with Crippen LogP contribution in [0.2, 0.25) is 0 Å². The van der Waals surface area contributed by atoms with Crippen LogP contribution in [0.1, 0.15) is 44.6 Å². The van der Waals surface area contributed by atoms with E-state index in [0.717, 1.165) is 0 Å². The molecule has 1 heterocycles. The first-order chi connectivity index (χ1) is 6.95. The Bertz CT molecular complexity index is 346. The highest BCUT2D eigenvalue weighted by Gasteiger charge is 2.45. The zero-order chi connectivity index (χ0) is 12.9. The summed E-state index contributed by atoms with van der Waals surface area (Å²) in [6.07, 6.45) is -3.04. The lowest BCUT2D eigenvalue weighted by atomic mass is 9.63. The van der Waals surface area contributed by atoms with E-state index in [0.29, 0.717) is 0 Å². The van der Waals surface area contributed by atoms with Gasteiger partial charge in [0.05, 0.1) is 5.41 Å². The van der Waals surface area contributed by atoms with E-state index in [1.165, 1.54) is 0 Å². The molecule has 2 atom stereocenters. The third-order valence-electron chi connectivity index (χ3n) is 2.83. The number of nitrogens with one attached hydrogen (secondary N) is 1. The third-order valence-corrected chi connectivity index (χ3v) is 2.83. The molecular weight excluding hydrogens is 162 g/mol. The summed E-state index contributed by atoms with van der Waals surface area (Å²) in [5.74, 6) is -0.319. The Morgan fingerprint density at radius 1 is 1.62 bits per heavy atom. The molecule has 0 saturated carbocycles. The Balaban J connectivity index is 3.31.